The number of carbonyl (C=O) groups is 4. The normalized spacial score (nSPS) is 19.9. The summed E-state index contributed by atoms with van der Waals surface area (Å²) in [5.74, 6) is -4.59. The van der Waals surface area contributed by atoms with Crippen molar-refractivity contribution in [2.75, 3.05) is 5.75 Å². The molecule has 0 radical (unpaired) electrons. The summed E-state index contributed by atoms with van der Waals surface area (Å²) in [7, 11) is 0. The summed E-state index contributed by atoms with van der Waals surface area (Å²) in [5.41, 5.74) is 0.849. The van der Waals surface area contributed by atoms with Gasteiger partial charge < -0.3 is 30.2 Å². The third-order valence-electron chi connectivity index (χ3n) is 5.41. The Bertz CT molecular complexity index is 1220. The molecule has 17 heteroatoms. The van der Waals surface area contributed by atoms with E-state index in [1.165, 1.54) is 0 Å². The number of fused-ring (bicyclic) bond motifs is 1. The van der Waals surface area contributed by atoms with E-state index >= 15 is 0 Å². The molecule has 1 aromatic heterocycles. The van der Waals surface area contributed by atoms with Gasteiger partial charge in [0.15, 0.2) is 6.10 Å². The van der Waals surface area contributed by atoms with Gasteiger partial charge in [-0.05, 0) is 23.3 Å². The molecule has 4 rings (SSSR count). The number of amides is 2. The number of benzene rings is 1. The number of aryl methyl sites for hydroxylation is 1. The number of thioether (sulfide) groups is 2. The van der Waals surface area contributed by atoms with Gasteiger partial charge >= 0.3 is 103 Å². The molecule has 2 aromatic rings. The fraction of sp³-hybridized carbons (Fsp3) is 0.350. The zero-order valence-corrected chi connectivity index (χ0v) is 27.9. The van der Waals surface area contributed by atoms with Crippen LogP contribution in [0.5, 0.6) is 0 Å². The van der Waals surface area contributed by atoms with Crippen LogP contribution in [0.3, 0.4) is 0 Å². The number of hydrogen-bond acceptors (Lipinski definition) is 12. The Morgan fingerprint density at radius 1 is 1.32 bits per heavy atom. The number of aromatic nitrogens is 4. The molecule has 2 amide bonds. The summed E-state index contributed by atoms with van der Waals surface area (Å²) >= 11 is 2.00. The Morgan fingerprint density at radius 2 is 2.05 bits per heavy atom. The minimum Gasteiger partial charge on any atom is -0.550 e. The van der Waals surface area contributed by atoms with E-state index in [9.17, 15) is 34.5 Å². The smallest absolute Gasteiger partial charge is 0.550 e. The number of carboxylic acids is 2. The Labute approximate surface area is 304 Å². The van der Waals surface area contributed by atoms with E-state index in [4.69, 9.17) is 0 Å². The maximum atomic E-state index is 12.9. The van der Waals surface area contributed by atoms with Gasteiger partial charge in [-0.25, -0.2) is 0 Å². The minimum atomic E-state index is -1.67. The van der Waals surface area contributed by atoms with Crippen LogP contribution in [0.25, 0.3) is 0 Å². The van der Waals surface area contributed by atoms with E-state index in [1.807, 2.05) is 0 Å². The summed E-state index contributed by atoms with van der Waals surface area (Å²) in [5, 5.41) is 47.6. The standard InChI is InChI=1S/C20H20N6O7S2.2K/c1-8-3-2-4-9(5-8)15(29)16(30)21-13-17(31)26-14(19(32)33)10(7-34-18(13)26)11(6-12(27)28)35-20-22-24-25-23-20;;/h2-5,11,13,15,18,29H,6-7H2,1H3,(H,21,30)(H,27,28)(H,32,33)(H,22,23,24,25);;/q;2*+1/p-2/t11?,13?,15?,18-;;/m0../s1. The third-order valence-corrected chi connectivity index (χ3v) is 7.83. The Kier molecular flexibility index (Phi) is 12.9. The number of carboxylic acid groups (broad SMARTS) is 2. The maximum Gasteiger partial charge on any atom is 1.00 e. The van der Waals surface area contributed by atoms with Crippen LogP contribution in [0.1, 0.15) is 23.7 Å². The van der Waals surface area contributed by atoms with Crippen molar-refractivity contribution in [3.8, 4) is 0 Å². The number of rotatable bonds is 9. The zero-order valence-electron chi connectivity index (χ0n) is 20.0. The fourth-order valence-electron chi connectivity index (χ4n) is 3.82. The molecule has 13 nitrogen and oxygen atoms in total. The summed E-state index contributed by atoms with van der Waals surface area (Å²) in [4.78, 5) is 49.8. The molecule has 0 saturated carbocycles. The average molecular weight is 597 g/mol. The van der Waals surface area contributed by atoms with E-state index in [0.717, 1.165) is 34.0 Å². The van der Waals surface area contributed by atoms with E-state index in [1.54, 1.807) is 31.2 Å². The number of tetrazole rings is 1. The van der Waals surface area contributed by atoms with Crippen LogP contribution in [-0.4, -0.2) is 76.8 Å². The first-order valence-electron chi connectivity index (χ1n) is 10.2. The first kappa shape index (κ1) is 33.1. The van der Waals surface area contributed by atoms with Gasteiger partial charge in [-0.15, -0.1) is 22.0 Å². The first-order valence-corrected chi connectivity index (χ1v) is 12.1. The first-order chi connectivity index (χ1) is 16.7. The van der Waals surface area contributed by atoms with Crippen LogP contribution < -0.4 is 118 Å². The van der Waals surface area contributed by atoms with E-state index in [-0.39, 0.29) is 119 Å². The van der Waals surface area contributed by atoms with Crippen LogP contribution in [0.4, 0.5) is 0 Å². The van der Waals surface area contributed by atoms with E-state index in [0.29, 0.717) is 5.56 Å². The monoisotopic (exact) mass is 596 g/mol. The molecule has 3 heterocycles. The molecule has 3 N–H and O–H groups in total. The van der Waals surface area contributed by atoms with Crippen molar-refractivity contribution in [3.63, 3.8) is 0 Å². The second kappa shape index (κ2) is 14.5. The zero-order chi connectivity index (χ0) is 25.3. The number of β-lactam (4-membered cyclic amide) rings is 1. The minimum absolute atomic E-state index is 0. The van der Waals surface area contributed by atoms with Crippen LogP contribution in [0.2, 0.25) is 0 Å². The van der Waals surface area contributed by atoms with E-state index in [2.05, 4.69) is 25.9 Å². The number of nitrogens with zero attached hydrogens (tertiary/aromatic N) is 4. The van der Waals surface area contributed by atoms with Gasteiger partial charge in [0.05, 0.1) is 11.7 Å². The number of H-pyrrole nitrogens is 1. The second-order valence-corrected chi connectivity index (χ2v) is 10.0. The van der Waals surface area contributed by atoms with Gasteiger partial charge in [0.25, 0.3) is 11.8 Å². The van der Waals surface area contributed by atoms with Crippen molar-refractivity contribution in [1.29, 1.82) is 0 Å². The molecule has 0 bridgehead atoms. The molecule has 3 unspecified atom stereocenters. The van der Waals surface area contributed by atoms with Gasteiger partial charge in [0, 0.05) is 23.4 Å². The van der Waals surface area contributed by atoms with Crippen molar-refractivity contribution in [2.24, 2.45) is 0 Å². The molecule has 184 valence electrons. The van der Waals surface area contributed by atoms with Gasteiger partial charge in [-0.3, -0.25) is 14.5 Å². The van der Waals surface area contributed by atoms with E-state index < -0.39 is 58.6 Å². The number of aliphatic carboxylic acids is 2. The Balaban J connectivity index is 0.00000241. The number of aromatic amines is 1. The molecule has 4 atom stereocenters. The Hall–Kier alpha value is -0.157. The van der Waals surface area contributed by atoms with Gasteiger partial charge in [0.2, 0.25) is 5.16 Å². The Morgan fingerprint density at radius 3 is 2.65 bits per heavy atom. The number of hydrogen-bond donors (Lipinski definition) is 3. The molecule has 1 saturated heterocycles. The second-order valence-electron chi connectivity index (χ2n) is 7.75. The van der Waals surface area contributed by atoms with Crippen LogP contribution in [-0.2, 0) is 19.2 Å². The topological polar surface area (TPSA) is 204 Å². The third kappa shape index (κ3) is 7.53. The summed E-state index contributed by atoms with van der Waals surface area (Å²) in [6.07, 6.45) is -2.09. The SMILES string of the molecule is Cc1cccc(C(O)C(=O)NC2C(=O)N3C(C(=O)[O-])=C(C(CC(=O)[O-])Sc4nn[nH]n4)CS[C@@H]23)c1.[K+].[K+]. The molecular weight excluding hydrogens is 579 g/mol. The fourth-order valence-corrected chi connectivity index (χ4v) is 6.34. The number of nitrogens with one attached hydrogen (secondary N) is 2. The molecule has 0 aliphatic carbocycles. The molecule has 0 spiro atoms. The summed E-state index contributed by atoms with van der Waals surface area (Å²) in [6.45, 7) is 1.80. The van der Waals surface area contributed by atoms with Gasteiger partial charge in [-0.2, -0.15) is 5.21 Å². The van der Waals surface area contributed by atoms with Crippen LogP contribution >= 0.6 is 23.5 Å². The molecular formula is C20H18K2N6O7S2. The predicted octanol–water partition coefficient (Wildman–Crippen LogP) is -8.75. The predicted molar refractivity (Wildman–Crippen MR) is 117 cm³/mol. The number of aliphatic hydroxyl groups excluding tert-OH is 1. The number of carbonyl (C=O) groups excluding carboxylic acids is 4. The van der Waals surface area contributed by atoms with Crippen LogP contribution in [0, 0.1) is 6.92 Å². The van der Waals surface area contributed by atoms with Crippen molar-refractivity contribution in [3.05, 3.63) is 46.7 Å². The summed E-state index contributed by atoms with van der Waals surface area (Å²) < 4.78 is 0. The van der Waals surface area contributed by atoms with Crippen molar-refractivity contribution < 1.29 is 137 Å². The van der Waals surface area contributed by atoms with Crippen molar-refractivity contribution in [1.82, 2.24) is 30.8 Å². The van der Waals surface area contributed by atoms with Crippen molar-refractivity contribution >= 4 is 47.3 Å². The molecule has 2 aliphatic rings. The summed E-state index contributed by atoms with van der Waals surface area (Å²) in [6, 6.07) is 5.62. The number of aliphatic hydroxyl groups is 1. The van der Waals surface area contributed by atoms with Gasteiger partial charge in [0.1, 0.15) is 11.4 Å². The van der Waals surface area contributed by atoms with Crippen LogP contribution in [0.15, 0.2) is 40.7 Å². The van der Waals surface area contributed by atoms with Gasteiger partial charge in [-0.1, -0.05) is 41.6 Å². The molecule has 2 aliphatic heterocycles. The molecule has 1 fully saturated rings. The largest absolute Gasteiger partial charge is 1.00 e. The molecule has 1 aromatic carbocycles. The van der Waals surface area contributed by atoms with Crippen molar-refractivity contribution in [2.45, 2.75) is 41.3 Å². The average Bonchev–Trinajstić information content (AvgIpc) is 3.33. The quantitative estimate of drug-likeness (QED) is 0.140. The maximum absolute atomic E-state index is 12.9. The molecule has 37 heavy (non-hydrogen) atoms.